The van der Waals surface area contributed by atoms with E-state index in [0.29, 0.717) is 18.3 Å². The third-order valence-corrected chi connectivity index (χ3v) is 4.09. The van der Waals surface area contributed by atoms with Gasteiger partial charge >= 0.3 is 5.97 Å². The van der Waals surface area contributed by atoms with Gasteiger partial charge in [0.25, 0.3) is 0 Å². The first-order valence-electron chi connectivity index (χ1n) is 9.11. The standard InChI is InChI=1S/C21H17F3N4O3/c1-2-31-21(30)16(20(29)15-9-18(23)19(24)10-17(15)22)11-25-14-5-3-4-13(8-14)12-28-7-6-26-27-28/h3-11,29H,2,12H2,1H3. The Hall–Kier alpha value is -3.95. The molecule has 1 N–H and O–H groups in total. The molecule has 0 aliphatic heterocycles. The van der Waals surface area contributed by atoms with Gasteiger partial charge in [-0.05, 0) is 30.7 Å². The molecule has 0 bridgehead atoms. The number of carbonyl (C=O) groups is 1. The van der Waals surface area contributed by atoms with Crippen molar-refractivity contribution in [2.24, 2.45) is 4.99 Å². The molecule has 0 amide bonds. The second kappa shape index (κ2) is 9.70. The van der Waals surface area contributed by atoms with E-state index in [0.717, 1.165) is 11.8 Å². The molecular weight excluding hydrogens is 413 g/mol. The van der Waals surface area contributed by atoms with E-state index in [1.54, 1.807) is 35.3 Å². The van der Waals surface area contributed by atoms with Crippen LogP contribution in [0.15, 0.2) is 59.4 Å². The summed E-state index contributed by atoms with van der Waals surface area (Å²) in [5.74, 6) is -6.00. The van der Waals surface area contributed by atoms with E-state index in [-0.39, 0.29) is 12.7 Å². The molecule has 2 aromatic carbocycles. The van der Waals surface area contributed by atoms with Gasteiger partial charge in [-0.3, -0.25) is 4.99 Å². The molecule has 0 aliphatic rings. The Balaban J connectivity index is 1.97. The number of carbonyl (C=O) groups excluding carboxylic acids is 1. The van der Waals surface area contributed by atoms with Crippen LogP contribution in [0.4, 0.5) is 18.9 Å². The monoisotopic (exact) mass is 430 g/mol. The Morgan fingerprint density at radius 2 is 1.97 bits per heavy atom. The molecule has 3 aromatic rings. The lowest BCUT2D eigenvalue weighted by Gasteiger charge is -2.08. The van der Waals surface area contributed by atoms with Gasteiger partial charge in [0.05, 0.1) is 30.6 Å². The van der Waals surface area contributed by atoms with E-state index >= 15 is 0 Å². The first kappa shape index (κ1) is 21.8. The van der Waals surface area contributed by atoms with Crippen molar-refractivity contribution in [1.29, 1.82) is 0 Å². The molecule has 1 heterocycles. The summed E-state index contributed by atoms with van der Waals surface area (Å²) in [6, 6.07) is 7.62. The number of benzene rings is 2. The zero-order valence-corrected chi connectivity index (χ0v) is 16.3. The van der Waals surface area contributed by atoms with Gasteiger partial charge in [0, 0.05) is 18.5 Å². The molecule has 160 valence electrons. The average Bonchev–Trinajstić information content (AvgIpc) is 3.24. The predicted molar refractivity (Wildman–Crippen MR) is 106 cm³/mol. The van der Waals surface area contributed by atoms with Crippen molar-refractivity contribution in [3.63, 3.8) is 0 Å². The van der Waals surface area contributed by atoms with Crippen LogP contribution in [-0.2, 0) is 16.1 Å². The summed E-state index contributed by atoms with van der Waals surface area (Å²) in [6.45, 7) is 1.93. The molecule has 31 heavy (non-hydrogen) atoms. The summed E-state index contributed by atoms with van der Waals surface area (Å²) >= 11 is 0. The molecule has 1 aromatic heterocycles. The van der Waals surface area contributed by atoms with Crippen LogP contribution in [0.2, 0.25) is 0 Å². The van der Waals surface area contributed by atoms with Gasteiger partial charge in [-0.25, -0.2) is 22.6 Å². The van der Waals surface area contributed by atoms with Crippen molar-refractivity contribution >= 4 is 23.6 Å². The van der Waals surface area contributed by atoms with Crippen molar-refractivity contribution in [2.45, 2.75) is 13.5 Å². The fraction of sp³-hybridized carbons (Fsp3) is 0.143. The van der Waals surface area contributed by atoms with E-state index in [4.69, 9.17) is 4.74 Å². The van der Waals surface area contributed by atoms with Gasteiger partial charge in [-0.1, -0.05) is 17.3 Å². The molecule has 0 saturated carbocycles. The summed E-state index contributed by atoms with van der Waals surface area (Å²) in [5, 5.41) is 18.0. The van der Waals surface area contributed by atoms with Crippen LogP contribution in [0.5, 0.6) is 0 Å². The smallest absolute Gasteiger partial charge is 0.343 e. The van der Waals surface area contributed by atoms with Gasteiger partial charge in [-0.2, -0.15) is 0 Å². The van der Waals surface area contributed by atoms with Crippen molar-refractivity contribution in [1.82, 2.24) is 15.0 Å². The number of ether oxygens (including phenoxy) is 1. The molecule has 0 radical (unpaired) electrons. The fourth-order valence-corrected chi connectivity index (χ4v) is 2.65. The Labute approximate surface area is 175 Å². The van der Waals surface area contributed by atoms with Crippen molar-refractivity contribution in [3.05, 3.63) is 82.9 Å². The highest BCUT2D eigenvalue weighted by Gasteiger charge is 2.21. The predicted octanol–water partition coefficient (Wildman–Crippen LogP) is 3.98. The Morgan fingerprint density at radius 3 is 2.68 bits per heavy atom. The molecule has 0 atom stereocenters. The number of nitrogens with zero attached hydrogens (tertiary/aromatic N) is 4. The number of halogens is 3. The zero-order chi connectivity index (χ0) is 22.4. The van der Waals surface area contributed by atoms with Crippen LogP contribution in [0, 0.1) is 17.5 Å². The SMILES string of the molecule is CCOC(=O)C(C=Nc1cccc(Cn2ccnn2)c1)=C(O)c1cc(F)c(F)cc1F. The topological polar surface area (TPSA) is 89.6 Å². The maximum Gasteiger partial charge on any atom is 0.343 e. The lowest BCUT2D eigenvalue weighted by molar-refractivity contribution is -0.137. The van der Waals surface area contributed by atoms with Crippen LogP contribution in [-0.4, -0.2) is 38.9 Å². The molecule has 0 fully saturated rings. The maximum absolute atomic E-state index is 14.1. The largest absolute Gasteiger partial charge is 0.506 e. The molecule has 7 nitrogen and oxygen atoms in total. The van der Waals surface area contributed by atoms with E-state index in [1.807, 2.05) is 6.07 Å². The lowest BCUT2D eigenvalue weighted by atomic mass is 10.1. The second-order valence-electron chi connectivity index (χ2n) is 6.26. The Kier molecular flexibility index (Phi) is 6.81. The quantitative estimate of drug-likeness (QED) is 0.201. The number of aliphatic hydroxyl groups excluding tert-OH is 1. The molecule has 0 aliphatic carbocycles. The number of hydrogen-bond donors (Lipinski definition) is 1. The molecule has 10 heteroatoms. The Bertz CT molecular complexity index is 1140. The van der Waals surface area contributed by atoms with Crippen LogP contribution in [0.25, 0.3) is 5.76 Å². The first-order chi connectivity index (χ1) is 14.9. The number of rotatable bonds is 7. The average molecular weight is 430 g/mol. The minimum atomic E-state index is -1.43. The van der Waals surface area contributed by atoms with E-state index in [2.05, 4.69) is 15.3 Å². The van der Waals surface area contributed by atoms with Crippen molar-refractivity contribution in [2.75, 3.05) is 6.61 Å². The minimum absolute atomic E-state index is 0.0306. The van der Waals surface area contributed by atoms with E-state index < -0.39 is 40.3 Å². The summed E-state index contributed by atoms with van der Waals surface area (Å²) in [4.78, 5) is 16.4. The number of hydrogen-bond acceptors (Lipinski definition) is 6. The van der Waals surface area contributed by atoms with Gasteiger partial charge in [0.2, 0.25) is 0 Å². The van der Waals surface area contributed by atoms with Crippen LogP contribution in [0.3, 0.4) is 0 Å². The maximum atomic E-state index is 14.1. The van der Waals surface area contributed by atoms with Crippen molar-refractivity contribution in [3.8, 4) is 0 Å². The molecule has 0 unspecified atom stereocenters. The number of esters is 1. The molecule has 0 saturated heterocycles. The second-order valence-corrected chi connectivity index (χ2v) is 6.26. The van der Waals surface area contributed by atoms with Crippen LogP contribution in [0.1, 0.15) is 18.1 Å². The number of aliphatic imine (C=N–C) groups is 1. The summed E-state index contributed by atoms with van der Waals surface area (Å²) in [6.07, 6.45) is 4.20. The van der Waals surface area contributed by atoms with E-state index in [1.165, 1.54) is 6.92 Å². The summed E-state index contributed by atoms with van der Waals surface area (Å²) < 4.78 is 47.3. The van der Waals surface area contributed by atoms with Gasteiger partial charge in [0.15, 0.2) is 11.6 Å². The molecular formula is C21H17F3N4O3. The highest BCUT2D eigenvalue weighted by atomic mass is 19.2. The summed E-state index contributed by atoms with van der Waals surface area (Å²) in [5.41, 5.74) is 0.0254. The minimum Gasteiger partial charge on any atom is -0.506 e. The molecule has 3 rings (SSSR count). The van der Waals surface area contributed by atoms with Crippen molar-refractivity contribution < 1.29 is 27.8 Å². The lowest BCUT2D eigenvalue weighted by Crippen LogP contribution is -2.12. The van der Waals surface area contributed by atoms with Crippen LogP contribution >= 0.6 is 0 Å². The van der Waals surface area contributed by atoms with Gasteiger partial charge < -0.3 is 9.84 Å². The third-order valence-electron chi connectivity index (χ3n) is 4.09. The van der Waals surface area contributed by atoms with E-state index in [9.17, 15) is 23.1 Å². The summed E-state index contributed by atoms with van der Waals surface area (Å²) in [7, 11) is 0. The molecule has 0 spiro atoms. The van der Waals surface area contributed by atoms with Gasteiger partial charge in [-0.15, -0.1) is 5.10 Å². The normalized spacial score (nSPS) is 12.1. The third kappa shape index (κ3) is 5.35. The van der Waals surface area contributed by atoms with Gasteiger partial charge in [0.1, 0.15) is 17.1 Å². The first-order valence-corrected chi connectivity index (χ1v) is 9.11. The fourth-order valence-electron chi connectivity index (χ4n) is 2.65. The van der Waals surface area contributed by atoms with Crippen LogP contribution < -0.4 is 0 Å². The number of aliphatic hydroxyl groups is 1. The highest BCUT2D eigenvalue weighted by molar-refractivity contribution is 6.15. The zero-order valence-electron chi connectivity index (χ0n) is 16.3. The Morgan fingerprint density at radius 1 is 1.19 bits per heavy atom. The number of aromatic nitrogens is 3. The highest BCUT2D eigenvalue weighted by Crippen LogP contribution is 2.23.